The third-order valence-corrected chi connectivity index (χ3v) is 4.41. The Bertz CT molecular complexity index is 657. The first-order chi connectivity index (χ1) is 9.81. The van der Waals surface area contributed by atoms with Crippen LogP contribution in [0, 0.1) is 0 Å². The van der Waals surface area contributed by atoms with Gasteiger partial charge in [-0.25, -0.2) is 0 Å². The summed E-state index contributed by atoms with van der Waals surface area (Å²) in [7, 11) is 1.71. The van der Waals surface area contributed by atoms with Crippen molar-refractivity contribution in [3.8, 4) is 0 Å². The number of ketones is 1. The molecule has 112 valence electrons. The van der Waals surface area contributed by atoms with E-state index in [0.29, 0.717) is 11.3 Å². The highest BCUT2D eigenvalue weighted by Gasteiger charge is 2.25. The van der Waals surface area contributed by atoms with Gasteiger partial charge in [-0.1, -0.05) is 6.07 Å². The van der Waals surface area contributed by atoms with Crippen molar-refractivity contribution in [2.45, 2.75) is 19.4 Å². The van der Waals surface area contributed by atoms with Gasteiger partial charge in [0.15, 0.2) is 5.78 Å². The molecule has 0 radical (unpaired) electrons. The summed E-state index contributed by atoms with van der Waals surface area (Å²) in [6.45, 7) is 3.22. The molecule has 0 aliphatic heterocycles. The van der Waals surface area contributed by atoms with Crippen molar-refractivity contribution in [1.29, 1.82) is 0 Å². The van der Waals surface area contributed by atoms with Crippen LogP contribution < -0.4 is 5.32 Å². The van der Waals surface area contributed by atoms with Gasteiger partial charge in [-0.2, -0.15) is 0 Å². The predicted octanol–water partition coefficient (Wildman–Crippen LogP) is 1.93. The quantitative estimate of drug-likeness (QED) is 0.829. The molecule has 2 rings (SSSR count). The molecule has 1 atom stereocenters. The summed E-state index contributed by atoms with van der Waals surface area (Å²) < 4.78 is 1.60. The summed E-state index contributed by atoms with van der Waals surface area (Å²) in [5.41, 5.74) is -0.229. The van der Waals surface area contributed by atoms with Crippen LogP contribution in [0.5, 0.6) is 0 Å². The van der Waals surface area contributed by atoms with E-state index in [1.807, 2.05) is 17.5 Å². The van der Waals surface area contributed by atoms with Crippen LogP contribution in [0.15, 0.2) is 29.8 Å². The SMILES string of the molecule is CC(=O)c1cc(C(=O)NCC(C)(O)c2cccs2)n(C)c1. The normalized spacial score (nSPS) is 13.7. The van der Waals surface area contributed by atoms with E-state index in [2.05, 4.69) is 5.32 Å². The Kier molecular flexibility index (Phi) is 4.29. The second-order valence-corrected chi connectivity index (χ2v) is 6.16. The molecule has 2 heterocycles. The van der Waals surface area contributed by atoms with Crippen molar-refractivity contribution in [2.75, 3.05) is 6.54 Å². The summed E-state index contributed by atoms with van der Waals surface area (Å²) >= 11 is 1.44. The Morgan fingerprint density at radius 3 is 2.71 bits per heavy atom. The Morgan fingerprint density at radius 2 is 2.19 bits per heavy atom. The van der Waals surface area contributed by atoms with Crippen molar-refractivity contribution in [3.05, 3.63) is 45.9 Å². The van der Waals surface area contributed by atoms with E-state index in [-0.39, 0.29) is 18.2 Å². The molecule has 0 saturated heterocycles. The highest BCUT2D eigenvalue weighted by atomic mass is 32.1. The van der Waals surface area contributed by atoms with Crippen LogP contribution in [0.25, 0.3) is 0 Å². The number of hydrogen-bond donors (Lipinski definition) is 2. The van der Waals surface area contributed by atoms with E-state index in [9.17, 15) is 14.7 Å². The fourth-order valence-corrected chi connectivity index (χ4v) is 2.78. The molecule has 0 fully saturated rings. The average molecular weight is 306 g/mol. The molecule has 6 heteroatoms. The largest absolute Gasteiger partial charge is 0.383 e. The first-order valence-electron chi connectivity index (χ1n) is 6.53. The van der Waals surface area contributed by atoms with E-state index in [0.717, 1.165) is 4.88 Å². The lowest BCUT2D eigenvalue weighted by molar-refractivity contribution is 0.0554. The van der Waals surface area contributed by atoms with E-state index in [1.54, 1.807) is 30.8 Å². The maximum atomic E-state index is 12.2. The van der Waals surface area contributed by atoms with Crippen LogP contribution >= 0.6 is 11.3 Å². The number of hydrogen-bond acceptors (Lipinski definition) is 4. The van der Waals surface area contributed by atoms with Gasteiger partial charge in [0.05, 0.1) is 6.54 Å². The molecule has 0 aromatic carbocycles. The number of carbonyl (C=O) groups is 2. The van der Waals surface area contributed by atoms with Gasteiger partial charge < -0.3 is 15.0 Å². The summed E-state index contributed by atoms with van der Waals surface area (Å²) in [6.07, 6.45) is 1.62. The van der Waals surface area contributed by atoms with Crippen LogP contribution in [-0.4, -0.2) is 27.9 Å². The van der Waals surface area contributed by atoms with E-state index >= 15 is 0 Å². The lowest BCUT2D eigenvalue weighted by atomic mass is 10.1. The van der Waals surface area contributed by atoms with E-state index in [4.69, 9.17) is 0 Å². The molecule has 0 saturated carbocycles. The Hall–Kier alpha value is -1.92. The Labute approximate surface area is 127 Å². The van der Waals surface area contributed by atoms with Crippen molar-refractivity contribution in [1.82, 2.24) is 9.88 Å². The van der Waals surface area contributed by atoms with Crippen LogP contribution in [0.4, 0.5) is 0 Å². The molecular formula is C15H18N2O3S. The van der Waals surface area contributed by atoms with Crippen molar-refractivity contribution in [2.24, 2.45) is 7.05 Å². The number of aryl methyl sites for hydroxylation is 1. The van der Waals surface area contributed by atoms with E-state index < -0.39 is 5.60 Å². The molecule has 2 aromatic heterocycles. The molecule has 21 heavy (non-hydrogen) atoms. The van der Waals surface area contributed by atoms with Crippen molar-refractivity contribution < 1.29 is 14.7 Å². The molecule has 0 spiro atoms. The number of Topliss-reactive ketones (excluding diaryl/α,β-unsaturated/α-hetero) is 1. The van der Waals surface area contributed by atoms with Crippen molar-refractivity contribution >= 4 is 23.0 Å². The topological polar surface area (TPSA) is 71.3 Å². The van der Waals surface area contributed by atoms with Gasteiger partial charge in [-0.15, -0.1) is 11.3 Å². The number of nitrogens with zero attached hydrogens (tertiary/aromatic N) is 1. The molecule has 1 unspecified atom stereocenters. The summed E-state index contributed by atoms with van der Waals surface area (Å²) in [6, 6.07) is 5.23. The standard InChI is InChI=1S/C15H18N2O3S/c1-10(18)11-7-12(17(3)8-11)14(19)16-9-15(2,20)13-5-4-6-21-13/h4-8,20H,9H2,1-3H3,(H,16,19). The minimum atomic E-state index is -1.11. The summed E-state index contributed by atoms with van der Waals surface area (Å²) in [4.78, 5) is 24.3. The zero-order valence-electron chi connectivity index (χ0n) is 12.2. The van der Waals surface area contributed by atoms with Crippen LogP contribution in [-0.2, 0) is 12.6 Å². The number of aliphatic hydroxyl groups is 1. The number of thiophene rings is 1. The molecule has 2 aromatic rings. The van der Waals surface area contributed by atoms with Gasteiger partial charge in [0.1, 0.15) is 11.3 Å². The minimum Gasteiger partial charge on any atom is -0.383 e. The number of aromatic nitrogens is 1. The minimum absolute atomic E-state index is 0.0877. The Balaban J connectivity index is 2.07. The molecule has 0 bridgehead atoms. The third-order valence-electron chi connectivity index (χ3n) is 3.29. The van der Waals surface area contributed by atoms with Gasteiger partial charge in [0.2, 0.25) is 0 Å². The number of rotatable bonds is 5. The highest BCUT2D eigenvalue weighted by Crippen LogP contribution is 2.24. The molecule has 0 aliphatic rings. The van der Waals surface area contributed by atoms with Gasteiger partial charge in [0, 0.05) is 23.7 Å². The van der Waals surface area contributed by atoms with Gasteiger partial charge in [-0.05, 0) is 31.4 Å². The number of nitrogens with one attached hydrogen (secondary N) is 1. The number of amides is 1. The second-order valence-electron chi connectivity index (χ2n) is 5.21. The monoisotopic (exact) mass is 306 g/mol. The molecule has 5 nitrogen and oxygen atoms in total. The van der Waals surface area contributed by atoms with Crippen molar-refractivity contribution in [3.63, 3.8) is 0 Å². The third kappa shape index (κ3) is 3.40. The molecular weight excluding hydrogens is 288 g/mol. The average Bonchev–Trinajstić information content (AvgIpc) is 3.05. The fraction of sp³-hybridized carbons (Fsp3) is 0.333. The Morgan fingerprint density at radius 1 is 1.48 bits per heavy atom. The van der Waals surface area contributed by atoms with Crippen LogP contribution in [0.3, 0.4) is 0 Å². The summed E-state index contributed by atoms with van der Waals surface area (Å²) in [5, 5.41) is 15.0. The maximum Gasteiger partial charge on any atom is 0.268 e. The van der Waals surface area contributed by atoms with Crippen LogP contribution in [0.1, 0.15) is 39.6 Å². The lowest BCUT2D eigenvalue weighted by Crippen LogP contribution is -2.38. The zero-order chi connectivity index (χ0) is 15.6. The predicted molar refractivity (Wildman–Crippen MR) is 81.6 cm³/mol. The second kappa shape index (κ2) is 5.83. The lowest BCUT2D eigenvalue weighted by Gasteiger charge is -2.22. The van der Waals surface area contributed by atoms with Gasteiger partial charge in [0.25, 0.3) is 5.91 Å². The molecule has 0 aliphatic carbocycles. The highest BCUT2D eigenvalue weighted by molar-refractivity contribution is 7.10. The van der Waals surface area contributed by atoms with Gasteiger partial charge in [-0.3, -0.25) is 9.59 Å². The maximum absolute atomic E-state index is 12.2. The van der Waals surface area contributed by atoms with Gasteiger partial charge >= 0.3 is 0 Å². The number of carbonyl (C=O) groups excluding carboxylic acids is 2. The molecule has 2 N–H and O–H groups in total. The van der Waals surface area contributed by atoms with Crippen LogP contribution in [0.2, 0.25) is 0 Å². The first kappa shape index (κ1) is 15.5. The zero-order valence-corrected chi connectivity index (χ0v) is 13.0. The molecule has 1 amide bonds. The van der Waals surface area contributed by atoms with E-state index in [1.165, 1.54) is 18.3 Å². The first-order valence-corrected chi connectivity index (χ1v) is 7.41. The smallest absolute Gasteiger partial charge is 0.268 e. The summed E-state index contributed by atoms with van der Waals surface area (Å²) in [5.74, 6) is -0.405. The fourth-order valence-electron chi connectivity index (χ4n) is 2.00.